The Balaban J connectivity index is 2.26. The molecule has 57 valence electrons. The second-order valence-corrected chi connectivity index (χ2v) is 3.31. The SMILES string of the molecule is [CH]1C=Cc2cc3c(cc21)C=CC3. The summed E-state index contributed by atoms with van der Waals surface area (Å²) in [5.41, 5.74) is 5.60. The molecule has 3 rings (SSSR count). The number of benzene rings is 1. The molecule has 1 radical (unpaired) electrons. The summed E-state index contributed by atoms with van der Waals surface area (Å²) in [6, 6.07) is 4.57. The number of rotatable bonds is 0. The minimum absolute atomic E-state index is 1.11. The van der Waals surface area contributed by atoms with Crippen LogP contribution in [0.15, 0.2) is 24.3 Å². The largest absolute Gasteiger partial charge is 0.0795 e. The molecule has 0 saturated carbocycles. The molecule has 0 heterocycles. The molecule has 2 aliphatic carbocycles. The summed E-state index contributed by atoms with van der Waals surface area (Å²) in [6.45, 7) is 0. The summed E-state index contributed by atoms with van der Waals surface area (Å²) in [7, 11) is 0. The highest BCUT2D eigenvalue weighted by atomic mass is 14.2. The summed E-state index contributed by atoms with van der Waals surface area (Å²) >= 11 is 0. The van der Waals surface area contributed by atoms with Crippen molar-refractivity contribution in [3.63, 3.8) is 0 Å². The summed E-state index contributed by atoms with van der Waals surface area (Å²) in [4.78, 5) is 0. The number of hydrogen-bond donors (Lipinski definition) is 0. The lowest BCUT2D eigenvalue weighted by Gasteiger charge is -2.03. The van der Waals surface area contributed by atoms with Crippen molar-refractivity contribution in [3.8, 4) is 0 Å². The lowest BCUT2D eigenvalue weighted by Crippen LogP contribution is -1.86. The van der Waals surface area contributed by atoms with E-state index in [1.54, 1.807) is 0 Å². The monoisotopic (exact) mass is 153 g/mol. The van der Waals surface area contributed by atoms with Crippen molar-refractivity contribution < 1.29 is 0 Å². The predicted molar refractivity (Wildman–Crippen MR) is 51.6 cm³/mol. The van der Waals surface area contributed by atoms with E-state index in [1.165, 1.54) is 22.3 Å². The van der Waals surface area contributed by atoms with Gasteiger partial charge in [0.25, 0.3) is 0 Å². The predicted octanol–water partition coefficient (Wildman–Crippen LogP) is 2.84. The molecule has 0 nitrogen and oxygen atoms in total. The van der Waals surface area contributed by atoms with Crippen LogP contribution >= 0.6 is 0 Å². The minimum atomic E-state index is 1.11. The van der Waals surface area contributed by atoms with Crippen molar-refractivity contribution in [1.82, 2.24) is 0 Å². The molecule has 0 amide bonds. The van der Waals surface area contributed by atoms with Gasteiger partial charge >= 0.3 is 0 Å². The first kappa shape index (κ1) is 6.24. The molecule has 0 unspecified atom stereocenters. The fraction of sp³-hybridized carbons (Fsp3) is 0.0833. The van der Waals surface area contributed by atoms with Crippen molar-refractivity contribution in [1.29, 1.82) is 0 Å². The zero-order valence-electron chi connectivity index (χ0n) is 6.75. The highest BCUT2D eigenvalue weighted by molar-refractivity contribution is 5.71. The van der Waals surface area contributed by atoms with Crippen LogP contribution in [0.5, 0.6) is 0 Å². The van der Waals surface area contributed by atoms with Gasteiger partial charge in [0.1, 0.15) is 0 Å². The van der Waals surface area contributed by atoms with Gasteiger partial charge in [-0.25, -0.2) is 0 Å². The molecule has 2 aliphatic rings. The Labute approximate surface area is 72.2 Å². The zero-order valence-corrected chi connectivity index (χ0v) is 6.75. The summed E-state index contributed by atoms with van der Waals surface area (Å²) < 4.78 is 0. The van der Waals surface area contributed by atoms with Gasteiger partial charge in [-0.15, -0.1) is 0 Å². The summed E-state index contributed by atoms with van der Waals surface area (Å²) in [5.74, 6) is 0. The van der Waals surface area contributed by atoms with Crippen molar-refractivity contribution >= 4 is 12.2 Å². The van der Waals surface area contributed by atoms with Crippen LogP contribution in [0.2, 0.25) is 0 Å². The Kier molecular flexibility index (Phi) is 1.09. The summed E-state index contributed by atoms with van der Waals surface area (Å²) in [6.07, 6.45) is 12.0. The van der Waals surface area contributed by atoms with Crippen LogP contribution in [0, 0.1) is 6.42 Å². The zero-order chi connectivity index (χ0) is 7.97. The van der Waals surface area contributed by atoms with E-state index in [0.29, 0.717) is 0 Å². The van der Waals surface area contributed by atoms with Crippen LogP contribution in [0.4, 0.5) is 0 Å². The van der Waals surface area contributed by atoms with Gasteiger partial charge in [0.05, 0.1) is 0 Å². The molecule has 0 fully saturated rings. The van der Waals surface area contributed by atoms with Gasteiger partial charge in [0.15, 0.2) is 0 Å². The molecule has 12 heavy (non-hydrogen) atoms. The molecular weight excluding hydrogens is 144 g/mol. The standard InChI is InChI=1S/C12H9/c1-3-9-7-11-5-2-6-12(11)8-10(9)4-1/h1-5,7-8H,6H2. The van der Waals surface area contributed by atoms with Gasteiger partial charge in [-0.2, -0.15) is 0 Å². The third kappa shape index (κ3) is 0.724. The maximum Gasteiger partial charge on any atom is 0.0131 e. The van der Waals surface area contributed by atoms with Crippen molar-refractivity contribution in [2.75, 3.05) is 0 Å². The van der Waals surface area contributed by atoms with Crippen LogP contribution in [-0.2, 0) is 6.42 Å². The van der Waals surface area contributed by atoms with Gasteiger partial charge < -0.3 is 0 Å². The first-order chi connectivity index (χ1) is 5.93. The average molecular weight is 153 g/mol. The minimum Gasteiger partial charge on any atom is -0.0795 e. The van der Waals surface area contributed by atoms with Crippen LogP contribution < -0.4 is 0 Å². The Morgan fingerprint density at radius 1 is 0.917 bits per heavy atom. The second kappa shape index (κ2) is 2.10. The molecule has 0 atom stereocenters. The van der Waals surface area contributed by atoms with E-state index < -0.39 is 0 Å². The Hall–Kier alpha value is -1.30. The fourth-order valence-corrected chi connectivity index (χ4v) is 1.89. The highest BCUT2D eigenvalue weighted by Crippen LogP contribution is 2.28. The van der Waals surface area contributed by atoms with Gasteiger partial charge in [0.2, 0.25) is 0 Å². The summed E-state index contributed by atoms with van der Waals surface area (Å²) in [5, 5.41) is 0. The Morgan fingerprint density at radius 3 is 2.92 bits per heavy atom. The molecule has 1 aromatic carbocycles. The van der Waals surface area contributed by atoms with Crippen LogP contribution in [0.1, 0.15) is 22.3 Å². The Morgan fingerprint density at radius 2 is 1.92 bits per heavy atom. The molecule has 0 spiro atoms. The molecule has 0 aromatic heterocycles. The quantitative estimate of drug-likeness (QED) is 0.537. The lowest BCUT2D eigenvalue weighted by atomic mass is 10.0. The van der Waals surface area contributed by atoms with Crippen molar-refractivity contribution in [2.24, 2.45) is 0 Å². The molecule has 1 aromatic rings. The van der Waals surface area contributed by atoms with Gasteiger partial charge in [-0.05, 0) is 28.7 Å². The Bertz CT molecular complexity index is 355. The smallest absolute Gasteiger partial charge is 0.0131 e. The van der Waals surface area contributed by atoms with Crippen molar-refractivity contribution in [3.05, 3.63) is 53.0 Å². The normalized spacial score (nSPS) is 16.7. The first-order valence-corrected chi connectivity index (χ1v) is 4.28. The van der Waals surface area contributed by atoms with E-state index in [1.807, 2.05) is 0 Å². The number of hydrogen-bond acceptors (Lipinski definition) is 0. The van der Waals surface area contributed by atoms with Gasteiger partial charge in [0, 0.05) is 6.42 Å². The molecular formula is C12H9. The van der Waals surface area contributed by atoms with Crippen LogP contribution in [-0.4, -0.2) is 0 Å². The second-order valence-electron chi connectivity index (χ2n) is 3.31. The van der Waals surface area contributed by atoms with Crippen LogP contribution in [0.25, 0.3) is 12.2 Å². The molecule has 0 heteroatoms. The van der Waals surface area contributed by atoms with E-state index in [9.17, 15) is 0 Å². The number of fused-ring (bicyclic) bond motifs is 2. The third-order valence-electron chi connectivity index (χ3n) is 2.53. The molecule has 0 aliphatic heterocycles. The maximum atomic E-state index is 2.30. The lowest BCUT2D eigenvalue weighted by molar-refractivity contribution is 1.30. The van der Waals surface area contributed by atoms with Crippen molar-refractivity contribution in [2.45, 2.75) is 6.42 Å². The van der Waals surface area contributed by atoms with Gasteiger partial charge in [-0.1, -0.05) is 36.4 Å². The number of allylic oxidation sites excluding steroid dienone is 2. The molecule has 0 saturated heterocycles. The van der Waals surface area contributed by atoms with E-state index >= 15 is 0 Å². The highest BCUT2D eigenvalue weighted by Gasteiger charge is 2.11. The maximum absolute atomic E-state index is 2.30. The molecule has 0 N–H and O–H groups in total. The van der Waals surface area contributed by atoms with Gasteiger partial charge in [-0.3, -0.25) is 0 Å². The topological polar surface area (TPSA) is 0 Å². The van der Waals surface area contributed by atoms with E-state index in [4.69, 9.17) is 0 Å². The van der Waals surface area contributed by atoms with E-state index in [0.717, 1.165) is 6.42 Å². The third-order valence-corrected chi connectivity index (χ3v) is 2.53. The fourth-order valence-electron chi connectivity index (χ4n) is 1.89. The molecule has 0 bridgehead atoms. The van der Waals surface area contributed by atoms with E-state index in [-0.39, 0.29) is 0 Å². The average Bonchev–Trinajstić information content (AvgIpc) is 2.64. The van der Waals surface area contributed by atoms with Crippen LogP contribution in [0.3, 0.4) is 0 Å². The first-order valence-electron chi connectivity index (χ1n) is 4.28. The van der Waals surface area contributed by atoms with E-state index in [2.05, 4.69) is 42.9 Å².